The van der Waals surface area contributed by atoms with Crippen LogP contribution in [0.4, 0.5) is 5.13 Å². The lowest BCUT2D eigenvalue weighted by Crippen LogP contribution is -2.33. The molecule has 0 saturated heterocycles. The van der Waals surface area contributed by atoms with E-state index < -0.39 is 17.9 Å². The SMILES string of the molecule is CC(=O)Nc1nc2c(s1)C(=O)C(OC(=O)C(C)=O)CC2. The number of nitrogens with one attached hydrogen (secondary N) is 1. The Morgan fingerprint density at radius 1 is 1.35 bits per heavy atom. The number of aryl methyl sites for hydroxylation is 1. The molecule has 0 aromatic carbocycles. The number of fused-ring (bicyclic) bond motifs is 1. The summed E-state index contributed by atoms with van der Waals surface area (Å²) in [6, 6.07) is 0. The number of esters is 1. The van der Waals surface area contributed by atoms with Crippen LogP contribution in [0.2, 0.25) is 0 Å². The molecule has 1 N–H and O–H groups in total. The first-order valence-electron chi connectivity index (χ1n) is 5.91. The lowest BCUT2D eigenvalue weighted by Gasteiger charge is -2.19. The van der Waals surface area contributed by atoms with Gasteiger partial charge in [-0.2, -0.15) is 0 Å². The van der Waals surface area contributed by atoms with Crippen LogP contribution in [-0.2, 0) is 25.5 Å². The highest BCUT2D eigenvalue weighted by atomic mass is 32.1. The summed E-state index contributed by atoms with van der Waals surface area (Å²) in [5.74, 6) is -2.41. The van der Waals surface area contributed by atoms with Gasteiger partial charge in [-0.1, -0.05) is 11.3 Å². The minimum atomic E-state index is -1.02. The van der Waals surface area contributed by atoms with Crippen molar-refractivity contribution >= 4 is 39.9 Å². The topological polar surface area (TPSA) is 102 Å². The van der Waals surface area contributed by atoms with E-state index in [1.807, 2.05) is 0 Å². The Bertz CT molecular complexity index is 607. The fourth-order valence-electron chi connectivity index (χ4n) is 1.79. The minimum absolute atomic E-state index is 0.275. The zero-order valence-corrected chi connectivity index (χ0v) is 11.7. The molecule has 1 aromatic heterocycles. The number of amides is 1. The monoisotopic (exact) mass is 296 g/mol. The van der Waals surface area contributed by atoms with Gasteiger partial charge in [-0.15, -0.1) is 0 Å². The van der Waals surface area contributed by atoms with Crippen molar-refractivity contribution in [2.45, 2.75) is 32.8 Å². The number of ether oxygens (including phenoxy) is 1. The van der Waals surface area contributed by atoms with Crippen LogP contribution in [0.25, 0.3) is 0 Å². The van der Waals surface area contributed by atoms with E-state index in [0.717, 1.165) is 18.3 Å². The number of nitrogens with zero attached hydrogens (tertiary/aromatic N) is 1. The van der Waals surface area contributed by atoms with Crippen LogP contribution < -0.4 is 5.32 Å². The number of carbonyl (C=O) groups is 4. The van der Waals surface area contributed by atoms with Crippen LogP contribution >= 0.6 is 11.3 Å². The predicted octanol–water partition coefficient (Wildman–Crippen LogP) is 0.731. The second kappa shape index (κ2) is 5.49. The van der Waals surface area contributed by atoms with E-state index in [-0.39, 0.29) is 18.1 Å². The zero-order chi connectivity index (χ0) is 14.9. The second-order valence-electron chi connectivity index (χ2n) is 4.33. The Morgan fingerprint density at radius 2 is 2.05 bits per heavy atom. The van der Waals surface area contributed by atoms with Crippen LogP contribution in [-0.4, -0.2) is 34.5 Å². The molecule has 8 heteroatoms. The van der Waals surface area contributed by atoms with Gasteiger partial charge >= 0.3 is 5.97 Å². The quantitative estimate of drug-likeness (QED) is 0.651. The van der Waals surface area contributed by atoms with Gasteiger partial charge in [-0.05, 0) is 12.8 Å². The Morgan fingerprint density at radius 3 is 2.65 bits per heavy atom. The zero-order valence-electron chi connectivity index (χ0n) is 10.9. The van der Waals surface area contributed by atoms with Crippen molar-refractivity contribution in [3.8, 4) is 0 Å². The fourth-order valence-corrected chi connectivity index (χ4v) is 2.83. The highest BCUT2D eigenvalue weighted by molar-refractivity contribution is 7.17. The van der Waals surface area contributed by atoms with Crippen molar-refractivity contribution in [2.24, 2.45) is 0 Å². The molecule has 0 aliphatic heterocycles. The number of Topliss-reactive ketones (excluding diaryl/α,β-unsaturated/α-hetero) is 2. The van der Waals surface area contributed by atoms with E-state index in [1.165, 1.54) is 6.92 Å². The molecule has 0 saturated carbocycles. The van der Waals surface area contributed by atoms with E-state index in [1.54, 1.807) is 0 Å². The highest BCUT2D eigenvalue weighted by Gasteiger charge is 2.34. The number of hydrogen-bond acceptors (Lipinski definition) is 7. The molecular formula is C12H12N2O5S. The van der Waals surface area contributed by atoms with Crippen molar-refractivity contribution in [1.82, 2.24) is 4.98 Å². The summed E-state index contributed by atoms with van der Waals surface area (Å²) in [4.78, 5) is 49.7. The molecule has 0 radical (unpaired) electrons. The van der Waals surface area contributed by atoms with Crippen LogP contribution in [0.5, 0.6) is 0 Å². The first-order valence-corrected chi connectivity index (χ1v) is 6.73. The molecule has 0 bridgehead atoms. The summed E-state index contributed by atoms with van der Waals surface area (Å²) in [6.07, 6.45) is -0.217. The van der Waals surface area contributed by atoms with E-state index in [2.05, 4.69) is 10.3 Å². The van der Waals surface area contributed by atoms with Crippen molar-refractivity contribution < 1.29 is 23.9 Å². The lowest BCUT2D eigenvalue weighted by atomic mass is 9.99. The molecule has 1 aliphatic carbocycles. The second-order valence-corrected chi connectivity index (χ2v) is 5.33. The summed E-state index contributed by atoms with van der Waals surface area (Å²) in [5.41, 5.74) is 0.582. The first-order chi connectivity index (χ1) is 9.38. The third kappa shape index (κ3) is 2.90. The van der Waals surface area contributed by atoms with Crippen molar-refractivity contribution in [3.63, 3.8) is 0 Å². The van der Waals surface area contributed by atoms with Gasteiger partial charge in [0.25, 0.3) is 0 Å². The average Bonchev–Trinajstić information content (AvgIpc) is 2.75. The largest absolute Gasteiger partial charge is 0.448 e. The Balaban J connectivity index is 2.16. The molecule has 1 atom stereocenters. The summed E-state index contributed by atoms with van der Waals surface area (Å²) in [6.45, 7) is 2.43. The van der Waals surface area contributed by atoms with Crippen molar-refractivity contribution in [3.05, 3.63) is 10.6 Å². The molecule has 0 spiro atoms. The standard InChI is InChI=1S/C12H12N2O5S/c1-5(15)11(18)19-8-4-3-7-10(9(8)17)20-12(14-7)13-6(2)16/h8H,3-4H2,1-2H3,(H,13,14,16). The summed E-state index contributed by atoms with van der Waals surface area (Å²) < 4.78 is 4.87. The average molecular weight is 296 g/mol. The third-order valence-corrected chi connectivity index (χ3v) is 3.70. The van der Waals surface area contributed by atoms with E-state index in [0.29, 0.717) is 22.1 Å². The molecular weight excluding hydrogens is 284 g/mol. The van der Waals surface area contributed by atoms with Gasteiger partial charge in [-0.25, -0.2) is 9.78 Å². The molecule has 1 aliphatic rings. The van der Waals surface area contributed by atoms with E-state index >= 15 is 0 Å². The summed E-state index contributed by atoms with van der Waals surface area (Å²) >= 11 is 1.04. The van der Waals surface area contributed by atoms with Gasteiger partial charge < -0.3 is 10.1 Å². The Labute approximate surface area is 118 Å². The van der Waals surface area contributed by atoms with Gasteiger partial charge in [0.1, 0.15) is 0 Å². The maximum Gasteiger partial charge on any atom is 0.375 e. The maximum atomic E-state index is 12.1. The third-order valence-electron chi connectivity index (χ3n) is 2.68. The molecule has 1 unspecified atom stereocenters. The van der Waals surface area contributed by atoms with E-state index in [4.69, 9.17) is 4.74 Å². The predicted molar refractivity (Wildman–Crippen MR) is 69.6 cm³/mol. The van der Waals surface area contributed by atoms with E-state index in [9.17, 15) is 19.2 Å². The van der Waals surface area contributed by atoms with Crippen LogP contribution in [0.15, 0.2) is 0 Å². The van der Waals surface area contributed by atoms with Crippen LogP contribution in [0.1, 0.15) is 35.6 Å². The molecule has 1 heterocycles. The minimum Gasteiger partial charge on any atom is -0.448 e. The molecule has 20 heavy (non-hydrogen) atoms. The van der Waals surface area contributed by atoms with Crippen molar-refractivity contribution in [2.75, 3.05) is 5.32 Å². The van der Waals surface area contributed by atoms with Crippen LogP contribution in [0, 0.1) is 0 Å². The summed E-state index contributed by atoms with van der Waals surface area (Å²) in [5, 5.41) is 2.85. The smallest absolute Gasteiger partial charge is 0.375 e. The number of anilines is 1. The van der Waals surface area contributed by atoms with Gasteiger partial charge in [0.2, 0.25) is 17.5 Å². The molecule has 0 fully saturated rings. The number of rotatable bonds is 3. The first kappa shape index (κ1) is 14.3. The number of hydrogen-bond donors (Lipinski definition) is 1. The fraction of sp³-hybridized carbons (Fsp3) is 0.417. The lowest BCUT2D eigenvalue weighted by molar-refractivity contribution is -0.155. The normalized spacial score (nSPS) is 17.3. The number of ketones is 2. The number of aromatic nitrogens is 1. The Hall–Kier alpha value is -2.09. The van der Waals surface area contributed by atoms with Gasteiger partial charge in [0.05, 0.1) is 10.6 Å². The highest BCUT2D eigenvalue weighted by Crippen LogP contribution is 2.30. The molecule has 2 rings (SSSR count). The Kier molecular flexibility index (Phi) is 3.93. The molecule has 1 amide bonds. The van der Waals surface area contributed by atoms with Crippen molar-refractivity contribution in [1.29, 1.82) is 0 Å². The van der Waals surface area contributed by atoms with Crippen LogP contribution in [0.3, 0.4) is 0 Å². The number of carbonyl (C=O) groups excluding carboxylic acids is 4. The van der Waals surface area contributed by atoms with Gasteiger partial charge in [-0.3, -0.25) is 14.4 Å². The molecule has 7 nitrogen and oxygen atoms in total. The summed E-state index contributed by atoms with van der Waals surface area (Å²) in [7, 11) is 0. The number of thiazole rings is 1. The van der Waals surface area contributed by atoms with Gasteiger partial charge in [0, 0.05) is 13.8 Å². The maximum absolute atomic E-state index is 12.1. The van der Waals surface area contributed by atoms with Gasteiger partial charge in [0.15, 0.2) is 11.2 Å². The molecule has 106 valence electrons. The molecule has 1 aromatic rings.